The number of rotatable bonds is 6. The summed E-state index contributed by atoms with van der Waals surface area (Å²) in [5.74, 6) is 0.593. The number of benzene rings is 1. The molecule has 0 saturated carbocycles. The van der Waals surface area contributed by atoms with Crippen LogP contribution in [0.2, 0.25) is 0 Å². The predicted molar refractivity (Wildman–Crippen MR) is 119 cm³/mol. The lowest BCUT2D eigenvalue weighted by Crippen LogP contribution is -2.22. The van der Waals surface area contributed by atoms with Crippen molar-refractivity contribution >= 4 is 12.0 Å². The molecule has 0 aliphatic carbocycles. The number of aryl methyl sites for hydroxylation is 1. The van der Waals surface area contributed by atoms with E-state index in [1.807, 2.05) is 56.5 Å². The van der Waals surface area contributed by atoms with Crippen molar-refractivity contribution in [3.05, 3.63) is 77.1 Å². The molecule has 4 aromatic rings. The lowest BCUT2D eigenvalue weighted by molar-refractivity contribution is 0.643. The number of hydrogen-bond acceptors (Lipinski definition) is 6. The maximum atomic E-state index is 12.4. The van der Waals surface area contributed by atoms with Gasteiger partial charge in [-0.2, -0.15) is 10.2 Å². The standard InChI is InChI=1S/C22H22N8O/c1-28(2)15-25-19-11-23-22(24-12-19)17-6-4-5-16(9-17)13-30-21(31)8-7-20(27-30)18-10-26-29(3)14-18/h4-12,14-15H,13H2,1-3H3/b25-15+. The van der Waals surface area contributed by atoms with E-state index in [2.05, 4.69) is 25.2 Å². The Balaban J connectivity index is 1.57. The van der Waals surface area contributed by atoms with Crippen LogP contribution in [0.1, 0.15) is 5.56 Å². The zero-order valence-electron chi connectivity index (χ0n) is 17.5. The maximum Gasteiger partial charge on any atom is 0.267 e. The number of aliphatic imine (C=N–C) groups is 1. The molecule has 0 unspecified atom stereocenters. The molecule has 0 aliphatic heterocycles. The largest absolute Gasteiger partial charge is 0.369 e. The first-order valence-electron chi connectivity index (χ1n) is 9.67. The molecule has 156 valence electrons. The van der Waals surface area contributed by atoms with Gasteiger partial charge in [0.25, 0.3) is 5.56 Å². The van der Waals surface area contributed by atoms with E-state index in [4.69, 9.17) is 0 Å². The highest BCUT2D eigenvalue weighted by atomic mass is 16.1. The van der Waals surface area contributed by atoms with Crippen LogP contribution in [0, 0.1) is 0 Å². The van der Waals surface area contributed by atoms with Crippen molar-refractivity contribution < 1.29 is 0 Å². The van der Waals surface area contributed by atoms with E-state index in [0.29, 0.717) is 23.8 Å². The Morgan fingerprint density at radius 1 is 1.06 bits per heavy atom. The van der Waals surface area contributed by atoms with Crippen molar-refractivity contribution in [3.63, 3.8) is 0 Å². The Bertz CT molecular complexity index is 1270. The monoisotopic (exact) mass is 414 g/mol. The Hall–Kier alpha value is -4.14. The molecule has 9 heteroatoms. The summed E-state index contributed by atoms with van der Waals surface area (Å²) < 4.78 is 3.15. The molecule has 4 rings (SSSR count). The fraction of sp³-hybridized carbons (Fsp3) is 0.182. The van der Waals surface area contributed by atoms with Gasteiger partial charge in [-0.15, -0.1) is 0 Å². The highest BCUT2D eigenvalue weighted by Crippen LogP contribution is 2.19. The van der Waals surface area contributed by atoms with Crippen LogP contribution in [0.15, 0.2) is 71.0 Å². The maximum absolute atomic E-state index is 12.4. The van der Waals surface area contributed by atoms with Crippen molar-refractivity contribution in [1.29, 1.82) is 0 Å². The third-order valence-electron chi connectivity index (χ3n) is 4.46. The Morgan fingerprint density at radius 2 is 1.87 bits per heavy atom. The second-order valence-corrected chi connectivity index (χ2v) is 7.29. The molecular formula is C22H22N8O. The number of nitrogens with zero attached hydrogens (tertiary/aromatic N) is 8. The molecule has 0 fully saturated rings. The molecule has 0 aliphatic rings. The van der Waals surface area contributed by atoms with Crippen molar-refractivity contribution in [1.82, 2.24) is 34.4 Å². The molecule has 0 bridgehead atoms. The van der Waals surface area contributed by atoms with Gasteiger partial charge in [0.1, 0.15) is 5.69 Å². The molecule has 31 heavy (non-hydrogen) atoms. The second-order valence-electron chi connectivity index (χ2n) is 7.29. The van der Waals surface area contributed by atoms with Gasteiger partial charge >= 0.3 is 0 Å². The van der Waals surface area contributed by atoms with Gasteiger partial charge in [-0.1, -0.05) is 18.2 Å². The minimum atomic E-state index is -0.169. The van der Waals surface area contributed by atoms with Crippen molar-refractivity contribution in [2.24, 2.45) is 12.0 Å². The highest BCUT2D eigenvalue weighted by molar-refractivity contribution is 5.61. The van der Waals surface area contributed by atoms with E-state index in [0.717, 1.165) is 16.7 Å². The topological polar surface area (TPSA) is 94.1 Å². The molecule has 9 nitrogen and oxygen atoms in total. The van der Waals surface area contributed by atoms with Gasteiger partial charge in [0.05, 0.1) is 37.2 Å². The summed E-state index contributed by atoms with van der Waals surface area (Å²) in [6, 6.07) is 11.0. The Labute approximate surface area is 179 Å². The third kappa shape index (κ3) is 4.89. The van der Waals surface area contributed by atoms with Crippen molar-refractivity contribution in [2.75, 3.05) is 14.1 Å². The van der Waals surface area contributed by atoms with Crippen LogP contribution in [0.3, 0.4) is 0 Å². The van der Waals surface area contributed by atoms with Crippen LogP contribution in [-0.2, 0) is 13.6 Å². The Kier molecular flexibility index (Phi) is 5.65. The number of hydrogen-bond donors (Lipinski definition) is 0. The molecule has 3 heterocycles. The molecule has 0 saturated heterocycles. The smallest absolute Gasteiger partial charge is 0.267 e. The normalized spacial score (nSPS) is 11.2. The van der Waals surface area contributed by atoms with Crippen LogP contribution in [-0.4, -0.2) is 54.9 Å². The van der Waals surface area contributed by atoms with Crippen LogP contribution in [0.4, 0.5) is 5.69 Å². The lowest BCUT2D eigenvalue weighted by atomic mass is 10.1. The van der Waals surface area contributed by atoms with E-state index in [1.165, 1.54) is 10.7 Å². The Morgan fingerprint density at radius 3 is 2.58 bits per heavy atom. The van der Waals surface area contributed by atoms with E-state index in [-0.39, 0.29) is 5.56 Å². The van der Waals surface area contributed by atoms with Gasteiger partial charge in [0, 0.05) is 44.5 Å². The molecule has 3 aromatic heterocycles. The summed E-state index contributed by atoms with van der Waals surface area (Å²) in [5.41, 5.74) is 3.84. The first kappa shape index (κ1) is 20.1. The van der Waals surface area contributed by atoms with E-state index < -0.39 is 0 Å². The van der Waals surface area contributed by atoms with Crippen LogP contribution < -0.4 is 5.56 Å². The minimum absolute atomic E-state index is 0.169. The first-order chi connectivity index (χ1) is 15.0. The van der Waals surface area contributed by atoms with Gasteiger partial charge in [-0.05, 0) is 17.7 Å². The average Bonchev–Trinajstić information content (AvgIpc) is 3.21. The molecule has 0 atom stereocenters. The van der Waals surface area contributed by atoms with Crippen LogP contribution >= 0.6 is 0 Å². The van der Waals surface area contributed by atoms with Gasteiger partial charge in [0.2, 0.25) is 0 Å². The predicted octanol–water partition coefficient (Wildman–Crippen LogP) is 2.37. The molecular weight excluding hydrogens is 392 g/mol. The number of aromatic nitrogens is 6. The zero-order chi connectivity index (χ0) is 21.8. The van der Waals surface area contributed by atoms with Gasteiger partial charge in [0.15, 0.2) is 5.82 Å². The molecule has 0 spiro atoms. The van der Waals surface area contributed by atoms with Crippen LogP contribution in [0.25, 0.3) is 22.6 Å². The summed E-state index contributed by atoms with van der Waals surface area (Å²) >= 11 is 0. The minimum Gasteiger partial charge on any atom is -0.369 e. The van der Waals surface area contributed by atoms with E-state index in [9.17, 15) is 4.79 Å². The summed E-state index contributed by atoms with van der Waals surface area (Å²) in [6.07, 6.45) is 8.64. The highest BCUT2D eigenvalue weighted by Gasteiger charge is 2.08. The van der Waals surface area contributed by atoms with Crippen molar-refractivity contribution in [3.8, 4) is 22.6 Å². The van der Waals surface area contributed by atoms with Gasteiger partial charge in [-0.25, -0.2) is 19.6 Å². The van der Waals surface area contributed by atoms with Crippen LogP contribution in [0.5, 0.6) is 0 Å². The summed E-state index contributed by atoms with van der Waals surface area (Å²) in [5, 5.41) is 8.66. The summed E-state index contributed by atoms with van der Waals surface area (Å²) in [7, 11) is 5.64. The SMILES string of the molecule is CN(C)/C=N/c1cnc(-c2cccc(Cn3nc(-c4cnn(C)c4)ccc3=O)c2)nc1. The second kappa shape index (κ2) is 8.70. The molecule has 1 aromatic carbocycles. The van der Waals surface area contributed by atoms with Crippen molar-refractivity contribution in [2.45, 2.75) is 6.54 Å². The summed E-state index contributed by atoms with van der Waals surface area (Å²) in [4.78, 5) is 27.3. The fourth-order valence-corrected chi connectivity index (χ4v) is 2.97. The van der Waals surface area contributed by atoms with E-state index >= 15 is 0 Å². The van der Waals surface area contributed by atoms with Gasteiger partial charge in [-0.3, -0.25) is 9.48 Å². The van der Waals surface area contributed by atoms with Gasteiger partial charge < -0.3 is 4.90 Å². The molecule has 0 N–H and O–H groups in total. The van der Waals surface area contributed by atoms with E-state index in [1.54, 1.807) is 35.7 Å². The summed E-state index contributed by atoms with van der Waals surface area (Å²) in [6.45, 7) is 0.339. The average molecular weight is 414 g/mol. The first-order valence-corrected chi connectivity index (χ1v) is 9.67. The third-order valence-corrected chi connectivity index (χ3v) is 4.46. The molecule has 0 radical (unpaired) electrons. The lowest BCUT2D eigenvalue weighted by Gasteiger charge is -2.08. The fourth-order valence-electron chi connectivity index (χ4n) is 2.97. The quantitative estimate of drug-likeness (QED) is 0.355. The zero-order valence-corrected chi connectivity index (χ0v) is 17.5. The molecule has 0 amide bonds.